The van der Waals surface area contributed by atoms with Gasteiger partial charge in [0.2, 0.25) is 0 Å². The fourth-order valence-electron chi connectivity index (χ4n) is 2.23. The van der Waals surface area contributed by atoms with Crippen molar-refractivity contribution in [1.29, 1.82) is 0 Å². The average molecular weight is 250 g/mol. The standard InChI is InChI=1S/C13H18N2O3/c1-8-7-14-6-5-9(8)15-13(18)12-10(16)3-2-4-11(12)17/h2-4,8-9,14,16-17H,5-7H2,1H3,(H,15,18). The van der Waals surface area contributed by atoms with E-state index in [0.717, 1.165) is 19.5 Å². The Morgan fingerprint density at radius 1 is 1.39 bits per heavy atom. The molecule has 2 rings (SSSR count). The van der Waals surface area contributed by atoms with Crippen molar-refractivity contribution >= 4 is 5.91 Å². The van der Waals surface area contributed by atoms with Crippen LogP contribution in [0.1, 0.15) is 23.7 Å². The first-order valence-electron chi connectivity index (χ1n) is 6.12. The second kappa shape index (κ2) is 5.27. The summed E-state index contributed by atoms with van der Waals surface area (Å²) in [6.45, 7) is 3.78. The maximum absolute atomic E-state index is 12.0. The van der Waals surface area contributed by atoms with E-state index in [4.69, 9.17) is 0 Å². The van der Waals surface area contributed by atoms with Crippen LogP contribution in [0.4, 0.5) is 0 Å². The van der Waals surface area contributed by atoms with E-state index >= 15 is 0 Å². The van der Waals surface area contributed by atoms with Gasteiger partial charge in [-0.05, 0) is 37.6 Å². The van der Waals surface area contributed by atoms with Crippen molar-refractivity contribution in [3.8, 4) is 11.5 Å². The Labute approximate surface area is 106 Å². The number of benzene rings is 1. The molecule has 18 heavy (non-hydrogen) atoms. The van der Waals surface area contributed by atoms with Gasteiger partial charge in [0, 0.05) is 6.04 Å². The predicted octanol–water partition coefficient (Wildman–Crippen LogP) is 0.826. The van der Waals surface area contributed by atoms with Crippen LogP contribution in [0.5, 0.6) is 11.5 Å². The number of carbonyl (C=O) groups excluding carboxylic acids is 1. The molecule has 2 atom stereocenters. The second-order valence-corrected chi connectivity index (χ2v) is 4.72. The quantitative estimate of drug-likeness (QED) is 0.626. The predicted molar refractivity (Wildman–Crippen MR) is 67.7 cm³/mol. The highest BCUT2D eigenvalue weighted by atomic mass is 16.3. The van der Waals surface area contributed by atoms with E-state index in [1.54, 1.807) is 0 Å². The van der Waals surface area contributed by atoms with Crippen LogP contribution in [-0.2, 0) is 0 Å². The number of hydrogen-bond donors (Lipinski definition) is 4. The molecule has 1 saturated heterocycles. The molecule has 1 aromatic rings. The fraction of sp³-hybridized carbons (Fsp3) is 0.462. The molecule has 0 spiro atoms. The van der Waals surface area contributed by atoms with Crippen molar-refractivity contribution in [3.05, 3.63) is 23.8 Å². The Morgan fingerprint density at radius 2 is 2.06 bits per heavy atom. The number of amides is 1. The Kier molecular flexibility index (Phi) is 3.72. The van der Waals surface area contributed by atoms with Gasteiger partial charge in [0.25, 0.3) is 5.91 Å². The number of nitrogens with one attached hydrogen (secondary N) is 2. The topological polar surface area (TPSA) is 81.6 Å². The summed E-state index contributed by atoms with van der Waals surface area (Å²) in [7, 11) is 0. The lowest BCUT2D eigenvalue weighted by Crippen LogP contribution is -2.48. The fourth-order valence-corrected chi connectivity index (χ4v) is 2.23. The molecule has 4 N–H and O–H groups in total. The summed E-state index contributed by atoms with van der Waals surface area (Å²) in [5, 5.41) is 25.4. The zero-order valence-electron chi connectivity index (χ0n) is 10.3. The second-order valence-electron chi connectivity index (χ2n) is 4.72. The molecule has 0 saturated carbocycles. The first kappa shape index (κ1) is 12.7. The summed E-state index contributed by atoms with van der Waals surface area (Å²) in [4.78, 5) is 12.0. The monoisotopic (exact) mass is 250 g/mol. The molecule has 1 aliphatic heterocycles. The van der Waals surface area contributed by atoms with E-state index < -0.39 is 5.91 Å². The molecule has 1 aromatic carbocycles. The number of rotatable bonds is 2. The molecule has 1 heterocycles. The zero-order chi connectivity index (χ0) is 13.1. The summed E-state index contributed by atoms with van der Waals surface area (Å²) in [5.41, 5.74) is -0.0526. The average Bonchev–Trinajstić information content (AvgIpc) is 2.32. The first-order chi connectivity index (χ1) is 8.59. The molecule has 0 bridgehead atoms. The van der Waals surface area contributed by atoms with E-state index in [0.29, 0.717) is 5.92 Å². The number of phenolic OH excluding ortho intramolecular Hbond substituents is 2. The molecule has 5 heteroatoms. The summed E-state index contributed by atoms with van der Waals surface area (Å²) >= 11 is 0. The smallest absolute Gasteiger partial charge is 0.259 e. The van der Waals surface area contributed by atoms with Crippen molar-refractivity contribution in [2.45, 2.75) is 19.4 Å². The normalized spacial score (nSPS) is 23.6. The van der Waals surface area contributed by atoms with Crippen molar-refractivity contribution in [1.82, 2.24) is 10.6 Å². The Balaban J connectivity index is 2.12. The lowest BCUT2D eigenvalue weighted by Gasteiger charge is -2.30. The number of phenols is 2. The summed E-state index contributed by atoms with van der Waals surface area (Å²) in [6, 6.07) is 4.34. The minimum Gasteiger partial charge on any atom is -0.507 e. The molecule has 2 unspecified atom stereocenters. The molecule has 0 aliphatic carbocycles. The van der Waals surface area contributed by atoms with Crippen molar-refractivity contribution < 1.29 is 15.0 Å². The molecule has 1 fully saturated rings. The van der Waals surface area contributed by atoms with Gasteiger partial charge in [-0.2, -0.15) is 0 Å². The minimum absolute atomic E-state index is 0.0526. The van der Waals surface area contributed by atoms with Crippen LogP contribution in [0, 0.1) is 5.92 Å². The Bertz CT molecular complexity index is 428. The van der Waals surface area contributed by atoms with Gasteiger partial charge < -0.3 is 20.8 Å². The Morgan fingerprint density at radius 3 is 2.67 bits per heavy atom. The van der Waals surface area contributed by atoms with Gasteiger partial charge in [-0.25, -0.2) is 0 Å². The number of piperidine rings is 1. The third-order valence-corrected chi connectivity index (χ3v) is 3.35. The van der Waals surface area contributed by atoms with Crippen LogP contribution >= 0.6 is 0 Å². The SMILES string of the molecule is CC1CNCCC1NC(=O)c1c(O)cccc1O. The maximum Gasteiger partial charge on any atom is 0.259 e. The number of carbonyl (C=O) groups is 1. The van der Waals surface area contributed by atoms with Gasteiger partial charge in [-0.3, -0.25) is 4.79 Å². The lowest BCUT2D eigenvalue weighted by atomic mass is 9.95. The summed E-state index contributed by atoms with van der Waals surface area (Å²) in [5.74, 6) is -0.497. The van der Waals surface area contributed by atoms with Gasteiger partial charge in [-0.1, -0.05) is 13.0 Å². The highest BCUT2D eigenvalue weighted by Crippen LogP contribution is 2.26. The van der Waals surface area contributed by atoms with Crippen molar-refractivity contribution in [2.75, 3.05) is 13.1 Å². The van der Waals surface area contributed by atoms with Gasteiger partial charge in [0.15, 0.2) is 0 Å². The molecule has 98 valence electrons. The minimum atomic E-state index is -0.427. The highest BCUT2D eigenvalue weighted by Gasteiger charge is 2.25. The highest BCUT2D eigenvalue weighted by molar-refractivity contribution is 5.99. The number of hydrogen-bond acceptors (Lipinski definition) is 4. The maximum atomic E-state index is 12.0. The van der Waals surface area contributed by atoms with Gasteiger partial charge in [-0.15, -0.1) is 0 Å². The van der Waals surface area contributed by atoms with E-state index in [9.17, 15) is 15.0 Å². The molecular formula is C13H18N2O3. The Hall–Kier alpha value is -1.75. The summed E-state index contributed by atoms with van der Waals surface area (Å²) < 4.78 is 0. The van der Waals surface area contributed by atoms with Crippen LogP contribution in [0.25, 0.3) is 0 Å². The van der Waals surface area contributed by atoms with E-state index in [2.05, 4.69) is 17.6 Å². The molecule has 5 nitrogen and oxygen atoms in total. The molecular weight excluding hydrogens is 232 g/mol. The van der Waals surface area contributed by atoms with Crippen LogP contribution in [0.3, 0.4) is 0 Å². The zero-order valence-corrected chi connectivity index (χ0v) is 10.3. The van der Waals surface area contributed by atoms with Crippen LogP contribution in [0.2, 0.25) is 0 Å². The van der Waals surface area contributed by atoms with E-state index in [-0.39, 0.29) is 23.1 Å². The van der Waals surface area contributed by atoms with Crippen LogP contribution in [-0.4, -0.2) is 35.3 Å². The van der Waals surface area contributed by atoms with E-state index in [1.165, 1.54) is 18.2 Å². The largest absolute Gasteiger partial charge is 0.507 e. The van der Waals surface area contributed by atoms with E-state index in [1.807, 2.05) is 0 Å². The van der Waals surface area contributed by atoms with Crippen LogP contribution in [0.15, 0.2) is 18.2 Å². The molecule has 0 radical (unpaired) electrons. The molecule has 1 amide bonds. The first-order valence-corrected chi connectivity index (χ1v) is 6.12. The van der Waals surface area contributed by atoms with Gasteiger partial charge >= 0.3 is 0 Å². The van der Waals surface area contributed by atoms with Crippen LogP contribution < -0.4 is 10.6 Å². The number of aromatic hydroxyl groups is 2. The molecule has 1 aliphatic rings. The summed E-state index contributed by atoms with van der Waals surface area (Å²) in [6.07, 6.45) is 0.848. The van der Waals surface area contributed by atoms with Gasteiger partial charge in [0.05, 0.1) is 0 Å². The van der Waals surface area contributed by atoms with Crippen molar-refractivity contribution in [2.24, 2.45) is 5.92 Å². The third-order valence-electron chi connectivity index (χ3n) is 3.35. The third kappa shape index (κ3) is 2.56. The van der Waals surface area contributed by atoms with Gasteiger partial charge in [0.1, 0.15) is 17.1 Å². The lowest BCUT2D eigenvalue weighted by molar-refractivity contribution is 0.0908. The molecule has 0 aromatic heterocycles. The van der Waals surface area contributed by atoms with Crippen molar-refractivity contribution in [3.63, 3.8) is 0 Å².